The van der Waals surface area contributed by atoms with Crippen LogP contribution in [0, 0.1) is 12.7 Å². The molecule has 1 N–H and O–H groups in total. The first-order valence-corrected chi connectivity index (χ1v) is 13.3. The molecule has 3 aromatic rings. The van der Waals surface area contributed by atoms with Gasteiger partial charge in [0.1, 0.15) is 28.9 Å². The zero-order chi connectivity index (χ0) is 27.7. The summed E-state index contributed by atoms with van der Waals surface area (Å²) in [5.41, 5.74) is 2.20. The van der Waals surface area contributed by atoms with Crippen molar-refractivity contribution in [2.24, 2.45) is 0 Å². The molecule has 2 aromatic carbocycles. The number of hydrogen-bond acceptors (Lipinski definition) is 6. The van der Waals surface area contributed by atoms with Gasteiger partial charge in [0.05, 0.1) is 30.3 Å². The van der Waals surface area contributed by atoms with Crippen LogP contribution in [0.2, 0.25) is 5.02 Å². The summed E-state index contributed by atoms with van der Waals surface area (Å²) in [7, 11) is 1.84. The van der Waals surface area contributed by atoms with Crippen molar-refractivity contribution in [1.29, 1.82) is 0 Å². The number of aromatic nitrogens is 1. The molecule has 3 heterocycles. The Bertz CT molecular complexity index is 1400. The van der Waals surface area contributed by atoms with Gasteiger partial charge in [0, 0.05) is 50.4 Å². The Morgan fingerprint density at radius 3 is 2.54 bits per heavy atom. The molecule has 5 rings (SSSR count). The molecule has 39 heavy (non-hydrogen) atoms. The summed E-state index contributed by atoms with van der Waals surface area (Å²) in [6.07, 6.45) is 3.89. The number of nitrogens with zero attached hydrogens (tertiary/aromatic N) is 3. The van der Waals surface area contributed by atoms with Crippen molar-refractivity contribution in [3.63, 3.8) is 0 Å². The van der Waals surface area contributed by atoms with E-state index >= 15 is 4.39 Å². The molecule has 2 aliphatic heterocycles. The number of piperidine rings is 1. The second kappa shape index (κ2) is 10.8. The van der Waals surface area contributed by atoms with Gasteiger partial charge in [0.15, 0.2) is 0 Å². The number of hydrogen-bond donors (Lipinski definition) is 1. The summed E-state index contributed by atoms with van der Waals surface area (Å²) in [5, 5.41) is 9.27. The van der Waals surface area contributed by atoms with Crippen molar-refractivity contribution in [3.05, 3.63) is 82.4 Å². The number of anilines is 1. The second-order valence-electron chi connectivity index (χ2n) is 10.1. The maximum atomic E-state index is 15.3. The number of amides is 1. The van der Waals surface area contributed by atoms with Crippen LogP contribution in [-0.4, -0.2) is 59.4 Å². The predicted molar refractivity (Wildman–Crippen MR) is 144 cm³/mol. The molecule has 8 nitrogen and oxygen atoms in total. The largest absolute Gasteiger partial charge is 0.511 e. The van der Waals surface area contributed by atoms with E-state index in [0.29, 0.717) is 55.8 Å². The number of carbonyl (C=O) groups is 2. The van der Waals surface area contributed by atoms with Gasteiger partial charge in [-0.2, -0.15) is 0 Å². The van der Waals surface area contributed by atoms with Gasteiger partial charge in [-0.05, 0) is 48.9 Å². The molecule has 1 aromatic heterocycles. The Morgan fingerprint density at radius 1 is 1.13 bits per heavy atom. The van der Waals surface area contributed by atoms with Crippen LogP contribution in [0.3, 0.4) is 0 Å². The van der Waals surface area contributed by atoms with Crippen LogP contribution in [-0.2, 0) is 0 Å². The summed E-state index contributed by atoms with van der Waals surface area (Å²) in [5.74, 6) is -0.399. The maximum absolute atomic E-state index is 15.3. The fourth-order valence-corrected chi connectivity index (χ4v) is 6.18. The van der Waals surface area contributed by atoms with Gasteiger partial charge in [-0.25, -0.2) is 18.5 Å². The molecule has 0 spiro atoms. The van der Waals surface area contributed by atoms with Gasteiger partial charge < -0.3 is 19.5 Å². The Balaban J connectivity index is 1.58. The first-order chi connectivity index (χ1) is 18.7. The van der Waals surface area contributed by atoms with Crippen molar-refractivity contribution in [3.8, 4) is 11.5 Å². The second-order valence-corrected chi connectivity index (χ2v) is 10.5. The molecule has 2 atom stereocenters. The van der Waals surface area contributed by atoms with Crippen LogP contribution in [0.4, 0.5) is 14.9 Å². The molecule has 2 aliphatic rings. The standard InChI is InChI=1S/C29H29ClFN3O5/c1-18-3-5-23(31)26(27(18)30)28(35)34(2,20-9-14-33(15-10-20)19-7-12-32-13-8-19)24-11-16-38-25-6-4-21(17-22(24)25)39-29(36)37/h3-8,12-13,17,20,24H,9-11,14-16H2,1-2H3/p+1. The van der Waals surface area contributed by atoms with Crippen molar-refractivity contribution >= 4 is 29.4 Å². The van der Waals surface area contributed by atoms with Crippen LogP contribution in [0.1, 0.15) is 46.8 Å². The third-order valence-corrected chi connectivity index (χ3v) is 8.52. The lowest BCUT2D eigenvalue weighted by molar-refractivity contribution is -0.888. The number of quaternary nitrogens is 1. The minimum absolute atomic E-state index is 0.105. The Labute approximate surface area is 231 Å². The third-order valence-electron chi connectivity index (χ3n) is 8.03. The molecule has 0 aliphatic carbocycles. The van der Waals surface area contributed by atoms with Gasteiger partial charge in [0.25, 0.3) is 0 Å². The molecule has 0 saturated carbocycles. The van der Waals surface area contributed by atoms with E-state index in [1.54, 1.807) is 37.5 Å². The van der Waals surface area contributed by atoms with E-state index in [4.69, 9.17) is 26.2 Å². The molecule has 10 heteroatoms. The van der Waals surface area contributed by atoms with Gasteiger partial charge in [-0.3, -0.25) is 4.98 Å². The number of fused-ring (bicyclic) bond motifs is 1. The monoisotopic (exact) mass is 554 g/mol. The lowest BCUT2D eigenvalue weighted by atomic mass is 9.89. The highest BCUT2D eigenvalue weighted by atomic mass is 35.5. The van der Waals surface area contributed by atoms with E-state index in [0.717, 1.165) is 5.69 Å². The lowest BCUT2D eigenvalue weighted by Crippen LogP contribution is -2.62. The van der Waals surface area contributed by atoms with E-state index in [2.05, 4.69) is 9.88 Å². The fourth-order valence-electron chi connectivity index (χ4n) is 5.95. The number of pyridine rings is 1. The van der Waals surface area contributed by atoms with E-state index in [1.807, 2.05) is 19.2 Å². The number of aryl methyl sites for hydroxylation is 1. The molecular weight excluding hydrogens is 525 g/mol. The molecule has 2 unspecified atom stereocenters. The van der Waals surface area contributed by atoms with Crippen LogP contribution in [0.15, 0.2) is 54.9 Å². The van der Waals surface area contributed by atoms with E-state index in [9.17, 15) is 9.59 Å². The van der Waals surface area contributed by atoms with Crippen LogP contribution in [0.5, 0.6) is 11.5 Å². The third kappa shape index (κ3) is 5.04. The molecule has 1 saturated heterocycles. The normalized spacial score (nSPS) is 19.0. The Kier molecular flexibility index (Phi) is 7.46. The average molecular weight is 555 g/mol. The highest BCUT2D eigenvalue weighted by molar-refractivity contribution is 6.34. The Morgan fingerprint density at radius 2 is 1.85 bits per heavy atom. The first kappa shape index (κ1) is 26.9. The zero-order valence-electron chi connectivity index (χ0n) is 21.8. The van der Waals surface area contributed by atoms with Crippen molar-refractivity contribution in [2.75, 3.05) is 31.6 Å². The van der Waals surface area contributed by atoms with Crippen LogP contribution < -0.4 is 14.4 Å². The maximum Gasteiger partial charge on any atom is 0.511 e. The predicted octanol–water partition coefficient (Wildman–Crippen LogP) is 6.02. The summed E-state index contributed by atoms with van der Waals surface area (Å²) >= 11 is 6.57. The first-order valence-electron chi connectivity index (χ1n) is 12.9. The zero-order valence-corrected chi connectivity index (χ0v) is 22.5. The number of carbonyl (C=O) groups excluding carboxylic acids is 1. The highest BCUT2D eigenvalue weighted by Gasteiger charge is 2.51. The molecule has 0 bridgehead atoms. The average Bonchev–Trinajstić information content (AvgIpc) is 2.94. The van der Waals surface area contributed by atoms with E-state index in [-0.39, 0.29) is 26.9 Å². The van der Waals surface area contributed by atoms with Gasteiger partial charge in [0.2, 0.25) is 0 Å². The highest BCUT2D eigenvalue weighted by Crippen LogP contribution is 2.46. The van der Waals surface area contributed by atoms with Gasteiger partial charge in [-0.1, -0.05) is 17.7 Å². The molecular formula is C29H30ClFN3O5+. The summed E-state index contributed by atoms with van der Waals surface area (Å²) < 4.78 is 26.0. The number of ether oxygens (including phenoxy) is 2. The summed E-state index contributed by atoms with van der Waals surface area (Å²) in [4.78, 5) is 32.1. The van der Waals surface area contributed by atoms with E-state index < -0.39 is 23.9 Å². The van der Waals surface area contributed by atoms with Gasteiger partial charge in [-0.15, -0.1) is 0 Å². The van der Waals surface area contributed by atoms with Crippen molar-refractivity contribution in [2.45, 2.75) is 38.3 Å². The molecule has 1 amide bonds. The Hall–Kier alpha value is -3.69. The molecule has 0 radical (unpaired) electrons. The van der Waals surface area contributed by atoms with Crippen molar-refractivity contribution < 1.29 is 33.0 Å². The van der Waals surface area contributed by atoms with Crippen molar-refractivity contribution in [1.82, 2.24) is 4.98 Å². The fraction of sp³-hybridized carbons (Fsp3) is 0.345. The van der Waals surface area contributed by atoms with Gasteiger partial charge >= 0.3 is 12.1 Å². The van der Waals surface area contributed by atoms with Crippen LogP contribution >= 0.6 is 11.6 Å². The smallest absolute Gasteiger partial charge is 0.493 e. The number of halogens is 2. The SMILES string of the molecule is Cc1ccc(F)c(C(=O)[N+](C)(C2CCN(c3ccncc3)CC2)C2CCOc3ccc(OC(=O)O)cc32)c1Cl. The lowest BCUT2D eigenvalue weighted by Gasteiger charge is -2.49. The number of rotatable bonds is 5. The number of carboxylic acid groups (broad SMARTS) is 1. The van der Waals surface area contributed by atoms with E-state index in [1.165, 1.54) is 12.1 Å². The minimum atomic E-state index is -1.44. The number of benzene rings is 2. The van der Waals surface area contributed by atoms with Crippen LogP contribution in [0.25, 0.3) is 0 Å². The minimum Gasteiger partial charge on any atom is -0.493 e. The summed E-state index contributed by atoms with van der Waals surface area (Å²) in [6, 6.07) is 10.9. The molecule has 204 valence electrons. The molecule has 1 fully saturated rings. The quantitative estimate of drug-likeness (QED) is 0.234. The topological polar surface area (TPSA) is 89.0 Å². The summed E-state index contributed by atoms with van der Waals surface area (Å²) in [6.45, 7) is 3.52.